The van der Waals surface area contributed by atoms with E-state index in [1.807, 2.05) is 0 Å². The molecule has 0 aromatic carbocycles. The molecule has 0 aromatic heterocycles. The first-order valence-electron chi connectivity index (χ1n) is 12.0. The summed E-state index contributed by atoms with van der Waals surface area (Å²) in [6.45, 7) is 4.57. The molecule has 0 unspecified atom stereocenters. The molecule has 2 fully saturated rings. The Hall–Kier alpha value is -3.28. The number of fused-ring (bicyclic) bond motifs is 3. The molecule has 38 heavy (non-hydrogen) atoms. The minimum atomic E-state index is -2.67. The Morgan fingerprint density at radius 1 is 0.921 bits per heavy atom. The van der Waals surface area contributed by atoms with Gasteiger partial charge in [-0.05, 0) is 39.8 Å². The molecule has 2 aliphatic carbocycles. The van der Waals surface area contributed by atoms with E-state index in [4.69, 9.17) is 14.9 Å². The van der Waals surface area contributed by atoms with E-state index < -0.39 is 63.6 Å². The number of Topliss-reactive ketones (excluding diaryl/α,β-unsaturated/α-hetero) is 2. The van der Waals surface area contributed by atoms with Crippen LogP contribution in [0.3, 0.4) is 0 Å². The van der Waals surface area contributed by atoms with E-state index in [9.17, 15) is 35.1 Å². The van der Waals surface area contributed by atoms with E-state index in [1.54, 1.807) is 0 Å². The fraction of sp³-hybridized carbons (Fsp3) is 0.429. The Bertz CT molecular complexity index is 1240. The normalized spacial score (nSPS) is 38.7. The maximum atomic E-state index is 14.1. The van der Waals surface area contributed by atoms with Gasteiger partial charge in [0.25, 0.3) is 0 Å². The van der Waals surface area contributed by atoms with Crippen LogP contribution in [0.1, 0.15) is 34.1 Å². The van der Waals surface area contributed by atoms with Crippen molar-refractivity contribution in [2.24, 2.45) is 11.3 Å². The number of hydrogen-bond acceptors (Lipinski definition) is 10. The Kier molecular flexibility index (Phi) is 7.80. The number of allylic oxidation sites excluding steroid dienone is 7. The average molecular weight is 531 g/mol. The van der Waals surface area contributed by atoms with Gasteiger partial charge in [-0.25, -0.2) is 0 Å². The van der Waals surface area contributed by atoms with Crippen molar-refractivity contribution in [2.45, 2.75) is 51.1 Å². The topological polar surface area (TPSA) is 185 Å². The molecule has 0 bridgehead atoms. The van der Waals surface area contributed by atoms with Crippen LogP contribution in [0.15, 0.2) is 82.6 Å². The van der Waals surface area contributed by atoms with Gasteiger partial charge < -0.3 is 40.5 Å². The fourth-order valence-electron chi connectivity index (χ4n) is 5.83. The zero-order valence-electron chi connectivity index (χ0n) is 21.7. The Morgan fingerprint density at radius 3 is 1.97 bits per heavy atom. The highest BCUT2D eigenvalue weighted by Crippen LogP contribution is 2.67. The molecular formula is C28H34O10. The van der Waals surface area contributed by atoms with Crippen molar-refractivity contribution in [1.29, 1.82) is 0 Å². The second kappa shape index (κ2) is 10.1. The molecule has 3 aliphatic rings. The summed E-state index contributed by atoms with van der Waals surface area (Å²) in [6, 6.07) is 0. The molecule has 7 N–H and O–H groups in total. The van der Waals surface area contributed by atoms with Gasteiger partial charge in [0.05, 0.1) is 18.6 Å². The zero-order chi connectivity index (χ0) is 28.7. The summed E-state index contributed by atoms with van der Waals surface area (Å²) in [4.78, 5) is 27.5. The lowest BCUT2D eigenvalue weighted by molar-refractivity contribution is -0.326. The smallest absolute Gasteiger partial charge is 0.209 e. The monoisotopic (exact) mass is 530 g/mol. The second-order valence-corrected chi connectivity index (χ2v) is 10.2. The SMILES string of the molecule is CC1=C(O)/C(=C(O)/C=C/C=C/CO)[C@@H]2[C@]3(C)C(=O)/C(=C(O)/C=C/C=C/CO)C[C@](C)(O)[C@]3(O)O[C@]2(C)C1=O. The summed E-state index contributed by atoms with van der Waals surface area (Å²) >= 11 is 0. The first-order chi connectivity index (χ1) is 17.7. The van der Waals surface area contributed by atoms with Crippen molar-refractivity contribution in [2.75, 3.05) is 13.2 Å². The van der Waals surface area contributed by atoms with Gasteiger partial charge in [0.15, 0.2) is 11.6 Å². The van der Waals surface area contributed by atoms with Gasteiger partial charge in [0, 0.05) is 29.1 Å². The second-order valence-electron chi connectivity index (χ2n) is 10.2. The number of rotatable bonds is 6. The lowest BCUT2D eigenvalue weighted by Gasteiger charge is -2.51. The minimum absolute atomic E-state index is 0.181. The summed E-state index contributed by atoms with van der Waals surface area (Å²) in [6.07, 6.45) is 10.2. The van der Waals surface area contributed by atoms with Gasteiger partial charge in [-0.2, -0.15) is 0 Å². The van der Waals surface area contributed by atoms with E-state index in [-0.39, 0.29) is 29.9 Å². The summed E-state index contributed by atoms with van der Waals surface area (Å²) in [7, 11) is 0. The molecule has 206 valence electrons. The lowest BCUT2D eigenvalue weighted by Crippen LogP contribution is -2.68. The molecule has 0 amide bonds. The largest absolute Gasteiger partial charge is 0.508 e. The molecule has 0 spiro atoms. The Balaban J connectivity index is 2.35. The Labute approximate surface area is 220 Å². The number of aliphatic hydroxyl groups excluding tert-OH is 5. The van der Waals surface area contributed by atoms with Crippen molar-refractivity contribution >= 4 is 11.6 Å². The van der Waals surface area contributed by atoms with E-state index >= 15 is 0 Å². The highest BCUT2D eigenvalue weighted by molar-refractivity contribution is 6.09. The minimum Gasteiger partial charge on any atom is -0.508 e. The number of ketones is 2. The zero-order valence-corrected chi connectivity index (χ0v) is 21.7. The van der Waals surface area contributed by atoms with Crippen molar-refractivity contribution in [1.82, 2.24) is 0 Å². The predicted molar refractivity (Wildman–Crippen MR) is 137 cm³/mol. The molecule has 3 rings (SSSR count). The summed E-state index contributed by atoms with van der Waals surface area (Å²) in [5.74, 6) is -7.45. The molecule has 5 atom stereocenters. The maximum absolute atomic E-state index is 14.1. The van der Waals surface area contributed by atoms with Crippen LogP contribution >= 0.6 is 0 Å². The number of hydrogen-bond donors (Lipinski definition) is 7. The van der Waals surface area contributed by atoms with Gasteiger partial charge in [-0.1, -0.05) is 36.5 Å². The van der Waals surface area contributed by atoms with Gasteiger partial charge >= 0.3 is 0 Å². The third kappa shape index (κ3) is 4.09. The van der Waals surface area contributed by atoms with Crippen LogP contribution in [0.4, 0.5) is 0 Å². The average Bonchev–Trinajstić information content (AvgIpc) is 3.06. The van der Waals surface area contributed by atoms with Gasteiger partial charge in [0.1, 0.15) is 28.5 Å². The van der Waals surface area contributed by atoms with E-state index in [2.05, 4.69) is 0 Å². The van der Waals surface area contributed by atoms with Crippen molar-refractivity contribution in [3.05, 3.63) is 82.6 Å². The summed E-state index contributed by atoms with van der Waals surface area (Å²) < 4.78 is 5.94. The first-order valence-corrected chi connectivity index (χ1v) is 12.0. The van der Waals surface area contributed by atoms with Gasteiger partial charge in [-0.15, -0.1) is 0 Å². The molecule has 0 aromatic rings. The number of carbonyl (C=O) groups excluding carboxylic acids is 2. The van der Waals surface area contributed by atoms with E-state index in [1.165, 1.54) is 76.3 Å². The van der Waals surface area contributed by atoms with Crippen LogP contribution in [0.5, 0.6) is 0 Å². The van der Waals surface area contributed by atoms with Crippen molar-refractivity contribution < 1.29 is 50.1 Å². The quantitative estimate of drug-likeness (QED) is 0.152. The van der Waals surface area contributed by atoms with Crippen LogP contribution < -0.4 is 0 Å². The maximum Gasteiger partial charge on any atom is 0.209 e. The highest BCUT2D eigenvalue weighted by atomic mass is 16.7. The Morgan fingerprint density at radius 2 is 1.45 bits per heavy atom. The fourth-order valence-corrected chi connectivity index (χ4v) is 5.83. The van der Waals surface area contributed by atoms with E-state index in [0.717, 1.165) is 0 Å². The number of carbonyl (C=O) groups is 2. The van der Waals surface area contributed by atoms with Crippen molar-refractivity contribution in [3.63, 3.8) is 0 Å². The molecule has 10 heteroatoms. The van der Waals surface area contributed by atoms with Crippen LogP contribution in [-0.4, -0.2) is 77.5 Å². The molecule has 10 nitrogen and oxygen atoms in total. The lowest BCUT2D eigenvalue weighted by atomic mass is 9.52. The molecule has 1 saturated heterocycles. The standard InChI is InChI=1S/C28H34O10/c1-16-21(33)20(19(32)12-8-6-10-14-30)22-26(3)24(35)17(18(31)11-7-5-9-13-29)15-25(2,36)28(26,37)38-27(22,4)23(16)34/h5-12,22,29-33,36-37H,13-15H2,1-4H3/b9-5+,10-6+,11-7+,12-8+,18-17-,20-19+/t22-,25+,26-,27+,28+/m1/s1. The van der Waals surface area contributed by atoms with Crippen LogP contribution in [0.2, 0.25) is 0 Å². The molecule has 0 radical (unpaired) electrons. The third-order valence-electron chi connectivity index (χ3n) is 7.68. The molecule has 1 heterocycles. The molecule has 1 aliphatic heterocycles. The number of ether oxygens (including phenoxy) is 1. The van der Waals surface area contributed by atoms with Crippen molar-refractivity contribution in [3.8, 4) is 0 Å². The third-order valence-corrected chi connectivity index (χ3v) is 7.68. The van der Waals surface area contributed by atoms with Gasteiger partial charge in [-0.3, -0.25) is 9.59 Å². The first kappa shape index (κ1) is 29.3. The van der Waals surface area contributed by atoms with Crippen LogP contribution in [0, 0.1) is 11.3 Å². The van der Waals surface area contributed by atoms with Crippen LogP contribution in [0.25, 0.3) is 0 Å². The predicted octanol–water partition coefficient (Wildman–Crippen LogP) is 2.06. The summed E-state index contributed by atoms with van der Waals surface area (Å²) in [5, 5.41) is 74.0. The molecule has 1 saturated carbocycles. The van der Waals surface area contributed by atoms with Crippen LogP contribution in [-0.2, 0) is 14.3 Å². The molecular weight excluding hydrogens is 496 g/mol. The summed E-state index contributed by atoms with van der Waals surface area (Å²) in [5.41, 5.74) is -7.09. The van der Waals surface area contributed by atoms with Gasteiger partial charge in [0.2, 0.25) is 5.79 Å². The number of aliphatic hydroxyl groups is 7. The van der Waals surface area contributed by atoms with E-state index in [0.29, 0.717) is 0 Å². The highest BCUT2D eigenvalue weighted by Gasteiger charge is 2.81.